The second-order valence-electron chi connectivity index (χ2n) is 4.14. The number of piperazine rings is 1. The average molecular weight is 213 g/mol. The van der Waals surface area contributed by atoms with E-state index in [2.05, 4.69) is 10.2 Å². The van der Waals surface area contributed by atoms with Crippen LogP contribution in [0.25, 0.3) is 0 Å². The van der Waals surface area contributed by atoms with E-state index in [0.717, 1.165) is 58.8 Å². The summed E-state index contributed by atoms with van der Waals surface area (Å²) in [6.07, 6.45) is 1.26. The number of amides is 1. The molecular formula is C10H19N3O2. The molecule has 2 aliphatic rings. The van der Waals surface area contributed by atoms with Gasteiger partial charge in [0.25, 0.3) is 0 Å². The van der Waals surface area contributed by atoms with Crippen molar-refractivity contribution >= 4 is 6.41 Å². The highest BCUT2D eigenvalue weighted by molar-refractivity contribution is 5.47. The molecule has 0 saturated carbocycles. The van der Waals surface area contributed by atoms with Crippen molar-refractivity contribution in [1.82, 2.24) is 15.1 Å². The van der Waals surface area contributed by atoms with Crippen LogP contribution in [0, 0.1) is 0 Å². The fourth-order valence-corrected chi connectivity index (χ4v) is 2.08. The molecule has 1 unspecified atom stereocenters. The molecule has 2 rings (SSSR count). The van der Waals surface area contributed by atoms with E-state index in [4.69, 9.17) is 4.74 Å². The normalized spacial score (nSPS) is 29.1. The summed E-state index contributed by atoms with van der Waals surface area (Å²) in [5.74, 6) is 0. The molecule has 2 aliphatic heterocycles. The topological polar surface area (TPSA) is 44.8 Å². The van der Waals surface area contributed by atoms with Crippen LogP contribution in [-0.4, -0.2) is 74.7 Å². The molecule has 0 radical (unpaired) electrons. The Morgan fingerprint density at radius 3 is 2.73 bits per heavy atom. The standard InChI is InChI=1S/C10H19N3O2/c14-9-13-4-2-12(3-5-13)8-10-7-11-1-6-15-10/h9-11H,1-8H2. The third-order valence-corrected chi connectivity index (χ3v) is 3.02. The van der Waals surface area contributed by atoms with Crippen LogP contribution in [-0.2, 0) is 9.53 Å². The molecule has 0 spiro atoms. The van der Waals surface area contributed by atoms with Crippen molar-refractivity contribution in [2.75, 3.05) is 52.4 Å². The lowest BCUT2D eigenvalue weighted by molar-refractivity contribution is -0.120. The molecule has 0 bridgehead atoms. The van der Waals surface area contributed by atoms with Crippen LogP contribution < -0.4 is 5.32 Å². The zero-order valence-electron chi connectivity index (χ0n) is 9.02. The van der Waals surface area contributed by atoms with Crippen molar-refractivity contribution in [2.24, 2.45) is 0 Å². The van der Waals surface area contributed by atoms with Gasteiger partial charge in [0.15, 0.2) is 0 Å². The Balaban J connectivity index is 1.69. The minimum absolute atomic E-state index is 0.321. The fourth-order valence-electron chi connectivity index (χ4n) is 2.08. The zero-order chi connectivity index (χ0) is 10.5. The number of nitrogens with zero attached hydrogens (tertiary/aromatic N) is 2. The molecule has 2 fully saturated rings. The van der Waals surface area contributed by atoms with E-state index < -0.39 is 0 Å². The van der Waals surface area contributed by atoms with Gasteiger partial charge in [-0.2, -0.15) is 0 Å². The Kier molecular flexibility index (Phi) is 3.94. The third-order valence-electron chi connectivity index (χ3n) is 3.02. The summed E-state index contributed by atoms with van der Waals surface area (Å²) in [5, 5.41) is 3.33. The highest BCUT2D eigenvalue weighted by Gasteiger charge is 2.20. The van der Waals surface area contributed by atoms with Crippen LogP contribution in [0.1, 0.15) is 0 Å². The van der Waals surface area contributed by atoms with Gasteiger partial charge in [0.1, 0.15) is 0 Å². The van der Waals surface area contributed by atoms with Gasteiger partial charge in [0.2, 0.25) is 6.41 Å². The largest absolute Gasteiger partial charge is 0.374 e. The number of hydrogen-bond acceptors (Lipinski definition) is 4. The molecule has 5 nitrogen and oxygen atoms in total. The van der Waals surface area contributed by atoms with Gasteiger partial charge >= 0.3 is 0 Å². The van der Waals surface area contributed by atoms with Crippen molar-refractivity contribution in [1.29, 1.82) is 0 Å². The number of hydrogen-bond donors (Lipinski definition) is 1. The zero-order valence-corrected chi connectivity index (χ0v) is 9.02. The summed E-state index contributed by atoms with van der Waals surface area (Å²) in [6.45, 7) is 7.37. The minimum atomic E-state index is 0.321. The first-order valence-corrected chi connectivity index (χ1v) is 5.62. The van der Waals surface area contributed by atoms with Crippen molar-refractivity contribution in [2.45, 2.75) is 6.10 Å². The quantitative estimate of drug-likeness (QED) is 0.595. The van der Waals surface area contributed by atoms with Gasteiger partial charge < -0.3 is 15.0 Å². The molecule has 86 valence electrons. The van der Waals surface area contributed by atoms with Gasteiger partial charge in [0, 0.05) is 45.8 Å². The van der Waals surface area contributed by atoms with E-state index >= 15 is 0 Å². The smallest absolute Gasteiger partial charge is 0.209 e. The summed E-state index contributed by atoms with van der Waals surface area (Å²) in [7, 11) is 0. The molecule has 1 N–H and O–H groups in total. The van der Waals surface area contributed by atoms with Crippen LogP contribution in [0.5, 0.6) is 0 Å². The van der Waals surface area contributed by atoms with Gasteiger partial charge in [-0.25, -0.2) is 0 Å². The first kappa shape index (κ1) is 10.9. The minimum Gasteiger partial charge on any atom is -0.374 e. The van der Waals surface area contributed by atoms with Crippen LogP contribution in [0.15, 0.2) is 0 Å². The molecule has 5 heteroatoms. The molecule has 0 aromatic rings. The first-order chi connectivity index (χ1) is 7.38. The highest BCUT2D eigenvalue weighted by Crippen LogP contribution is 2.04. The van der Waals surface area contributed by atoms with Crippen molar-refractivity contribution < 1.29 is 9.53 Å². The Bertz CT molecular complexity index is 199. The van der Waals surface area contributed by atoms with Gasteiger partial charge in [-0.3, -0.25) is 9.69 Å². The summed E-state index contributed by atoms with van der Waals surface area (Å²) < 4.78 is 5.65. The monoisotopic (exact) mass is 213 g/mol. The van der Waals surface area contributed by atoms with Crippen LogP contribution in [0.3, 0.4) is 0 Å². The van der Waals surface area contributed by atoms with Crippen molar-refractivity contribution in [3.8, 4) is 0 Å². The van der Waals surface area contributed by atoms with E-state index in [1.165, 1.54) is 0 Å². The molecule has 2 saturated heterocycles. The molecule has 1 atom stereocenters. The maximum absolute atomic E-state index is 10.5. The first-order valence-electron chi connectivity index (χ1n) is 5.62. The second-order valence-corrected chi connectivity index (χ2v) is 4.14. The van der Waals surface area contributed by atoms with Crippen molar-refractivity contribution in [3.63, 3.8) is 0 Å². The van der Waals surface area contributed by atoms with E-state index in [1.807, 2.05) is 4.90 Å². The van der Waals surface area contributed by atoms with Gasteiger partial charge in [-0.1, -0.05) is 0 Å². The lowest BCUT2D eigenvalue weighted by Crippen LogP contribution is -2.51. The number of ether oxygens (including phenoxy) is 1. The van der Waals surface area contributed by atoms with Crippen LogP contribution >= 0.6 is 0 Å². The SMILES string of the molecule is O=CN1CCN(CC2CNCCO2)CC1. The van der Waals surface area contributed by atoms with Gasteiger partial charge in [-0.05, 0) is 0 Å². The number of morpholine rings is 1. The predicted molar refractivity (Wildman–Crippen MR) is 56.7 cm³/mol. The fraction of sp³-hybridized carbons (Fsp3) is 0.900. The summed E-state index contributed by atoms with van der Waals surface area (Å²) >= 11 is 0. The molecule has 0 aromatic heterocycles. The summed E-state index contributed by atoms with van der Waals surface area (Å²) in [4.78, 5) is 14.7. The molecular weight excluding hydrogens is 194 g/mol. The number of carbonyl (C=O) groups is 1. The maximum atomic E-state index is 10.5. The molecule has 0 aliphatic carbocycles. The highest BCUT2D eigenvalue weighted by atomic mass is 16.5. The summed E-state index contributed by atoms with van der Waals surface area (Å²) in [5.41, 5.74) is 0. The molecule has 0 aromatic carbocycles. The molecule has 1 amide bonds. The van der Waals surface area contributed by atoms with E-state index in [0.29, 0.717) is 6.10 Å². The van der Waals surface area contributed by atoms with E-state index in [1.54, 1.807) is 0 Å². The van der Waals surface area contributed by atoms with Gasteiger partial charge in [0.05, 0.1) is 12.7 Å². The predicted octanol–water partition coefficient (Wildman–Crippen LogP) is -1.25. The molecule has 2 heterocycles. The Morgan fingerprint density at radius 2 is 2.13 bits per heavy atom. The lowest BCUT2D eigenvalue weighted by atomic mass is 10.2. The van der Waals surface area contributed by atoms with E-state index in [9.17, 15) is 4.79 Å². The lowest BCUT2D eigenvalue weighted by Gasteiger charge is -2.35. The number of rotatable bonds is 3. The Morgan fingerprint density at radius 1 is 1.33 bits per heavy atom. The maximum Gasteiger partial charge on any atom is 0.209 e. The van der Waals surface area contributed by atoms with Gasteiger partial charge in [-0.15, -0.1) is 0 Å². The second kappa shape index (κ2) is 5.44. The van der Waals surface area contributed by atoms with E-state index in [-0.39, 0.29) is 0 Å². The number of carbonyl (C=O) groups excluding carboxylic acids is 1. The molecule has 15 heavy (non-hydrogen) atoms. The van der Waals surface area contributed by atoms with Crippen LogP contribution in [0.4, 0.5) is 0 Å². The van der Waals surface area contributed by atoms with Crippen LogP contribution in [0.2, 0.25) is 0 Å². The third kappa shape index (κ3) is 3.15. The summed E-state index contributed by atoms with van der Waals surface area (Å²) in [6, 6.07) is 0. The number of nitrogens with one attached hydrogen (secondary N) is 1. The Hall–Kier alpha value is -0.650. The van der Waals surface area contributed by atoms with Crippen molar-refractivity contribution in [3.05, 3.63) is 0 Å². The Labute approximate surface area is 90.4 Å². The average Bonchev–Trinajstić information content (AvgIpc) is 2.31.